The van der Waals surface area contributed by atoms with Crippen molar-refractivity contribution in [2.24, 2.45) is 0 Å². The molecule has 0 aliphatic heterocycles. The van der Waals surface area contributed by atoms with Gasteiger partial charge in [0.2, 0.25) is 5.69 Å². The molecule has 0 spiro atoms. The van der Waals surface area contributed by atoms with E-state index >= 15 is 0 Å². The van der Waals surface area contributed by atoms with E-state index in [0.29, 0.717) is 0 Å². The quantitative estimate of drug-likeness (QED) is 0.452. The molecule has 0 bridgehead atoms. The topological polar surface area (TPSA) is 74.2 Å². The Hall–Kier alpha value is -3.56. The molecular weight excluding hydrogens is 394 g/mol. The van der Waals surface area contributed by atoms with Gasteiger partial charge in [-0.25, -0.2) is 9.18 Å². The highest BCUT2D eigenvalue weighted by Gasteiger charge is 2.30. The molecule has 150 valence electrons. The standard InChI is InChI=1S/C19H13F4N3O3/c1-2-28-18(27)15-17(29-14-8-6-12(7-9-14)19(21,22)23)24-16(26-25-15)11-4-3-5-13(20)10-11/h3-10H,2H2,1H3. The smallest absolute Gasteiger partial charge is 0.416 e. The van der Waals surface area contributed by atoms with Gasteiger partial charge in [-0.05, 0) is 43.3 Å². The summed E-state index contributed by atoms with van der Waals surface area (Å²) in [6, 6.07) is 9.12. The fourth-order valence-corrected chi connectivity index (χ4v) is 2.28. The van der Waals surface area contributed by atoms with Gasteiger partial charge in [0.05, 0.1) is 12.2 Å². The number of hydrogen-bond donors (Lipinski definition) is 0. The zero-order chi connectivity index (χ0) is 21.0. The van der Waals surface area contributed by atoms with Crippen LogP contribution in [0.3, 0.4) is 0 Å². The van der Waals surface area contributed by atoms with Gasteiger partial charge in [-0.1, -0.05) is 12.1 Å². The molecule has 0 radical (unpaired) electrons. The van der Waals surface area contributed by atoms with Gasteiger partial charge in [0.25, 0.3) is 5.88 Å². The summed E-state index contributed by atoms with van der Waals surface area (Å²) in [4.78, 5) is 16.2. The maximum atomic E-state index is 13.5. The van der Waals surface area contributed by atoms with Crippen molar-refractivity contribution < 1.29 is 31.8 Å². The largest absolute Gasteiger partial charge is 0.461 e. The second-order valence-electron chi connectivity index (χ2n) is 5.64. The average Bonchev–Trinajstić information content (AvgIpc) is 2.68. The van der Waals surface area contributed by atoms with Crippen molar-refractivity contribution in [2.45, 2.75) is 13.1 Å². The molecule has 0 aliphatic rings. The number of alkyl halides is 3. The normalized spacial score (nSPS) is 11.2. The monoisotopic (exact) mass is 407 g/mol. The van der Waals surface area contributed by atoms with Crippen LogP contribution in [-0.2, 0) is 10.9 Å². The highest BCUT2D eigenvalue weighted by Crippen LogP contribution is 2.32. The lowest BCUT2D eigenvalue weighted by Crippen LogP contribution is -2.12. The number of aromatic nitrogens is 3. The lowest BCUT2D eigenvalue weighted by Gasteiger charge is -2.11. The minimum atomic E-state index is -4.50. The summed E-state index contributed by atoms with van der Waals surface area (Å²) in [6.07, 6.45) is -4.50. The van der Waals surface area contributed by atoms with Crippen LogP contribution in [0.5, 0.6) is 11.6 Å². The summed E-state index contributed by atoms with van der Waals surface area (Å²) >= 11 is 0. The first-order valence-corrected chi connectivity index (χ1v) is 8.31. The number of ether oxygens (including phenoxy) is 2. The molecule has 0 atom stereocenters. The number of benzene rings is 2. The van der Waals surface area contributed by atoms with Crippen molar-refractivity contribution in [3.8, 4) is 23.0 Å². The molecule has 0 N–H and O–H groups in total. The zero-order valence-electron chi connectivity index (χ0n) is 14.9. The third kappa shape index (κ3) is 4.84. The maximum absolute atomic E-state index is 13.5. The minimum Gasteiger partial charge on any atom is -0.461 e. The number of carbonyl (C=O) groups excluding carboxylic acids is 1. The molecule has 10 heteroatoms. The SMILES string of the molecule is CCOC(=O)c1nnc(-c2cccc(F)c2)nc1Oc1ccc(C(F)(F)F)cc1. The van der Waals surface area contributed by atoms with Crippen LogP contribution < -0.4 is 4.74 Å². The molecule has 0 unspecified atom stereocenters. The summed E-state index contributed by atoms with van der Waals surface area (Å²) in [5.74, 6) is -1.81. The van der Waals surface area contributed by atoms with Crippen molar-refractivity contribution >= 4 is 5.97 Å². The van der Waals surface area contributed by atoms with Crippen molar-refractivity contribution in [2.75, 3.05) is 6.61 Å². The first-order valence-electron chi connectivity index (χ1n) is 8.31. The Balaban J connectivity index is 1.99. The third-order valence-electron chi connectivity index (χ3n) is 3.60. The molecule has 29 heavy (non-hydrogen) atoms. The van der Waals surface area contributed by atoms with Crippen LogP contribution in [0.25, 0.3) is 11.4 Å². The van der Waals surface area contributed by atoms with E-state index in [1.807, 2.05) is 0 Å². The second-order valence-corrected chi connectivity index (χ2v) is 5.64. The first-order chi connectivity index (χ1) is 13.8. The molecule has 6 nitrogen and oxygen atoms in total. The summed E-state index contributed by atoms with van der Waals surface area (Å²) in [5, 5.41) is 7.53. The molecule has 0 amide bonds. The molecule has 0 aliphatic carbocycles. The Morgan fingerprint density at radius 3 is 2.41 bits per heavy atom. The lowest BCUT2D eigenvalue weighted by molar-refractivity contribution is -0.137. The number of nitrogens with zero attached hydrogens (tertiary/aromatic N) is 3. The summed E-state index contributed by atoms with van der Waals surface area (Å²) in [6.45, 7) is 1.63. The molecule has 0 saturated carbocycles. The van der Waals surface area contributed by atoms with Crippen LogP contribution in [0.1, 0.15) is 23.0 Å². The van der Waals surface area contributed by atoms with E-state index in [0.717, 1.165) is 30.3 Å². The van der Waals surface area contributed by atoms with E-state index < -0.39 is 23.5 Å². The van der Waals surface area contributed by atoms with Gasteiger partial charge in [0.15, 0.2) is 5.82 Å². The van der Waals surface area contributed by atoms with Crippen molar-refractivity contribution in [3.63, 3.8) is 0 Å². The lowest BCUT2D eigenvalue weighted by atomic mass is 10.2. The minimum absolute atomic E-state index is 0.0192. The van der Waals surface area contributed by atoms with Crippen LogP contribution in [0.2, 0.25) is 0 Å². The Bertz CT molecular complexity index is 1020. The highest BCUT2D eigenvalue weighted by atomic mass is 19.4. The van der Waals surface area contributed by atoms with Crippen LogP contribution in [0, 0.1) is 5.82 Å². The van der Waals surface area contributed by atoms with E-state index in [-0.39, 0.29) is 35.3 Å². The Kier molecular flexibility index (Phi) is 5.71. The Morgan fingerprint density at radius 1 is 1.07 bits per heavy atom. The van der Waals surface area contributed by atoms with E-state index in [9.17, 15) is 22.4 Å². The number of halogens is 4. The van der Waals surface area contributed by atoms with Crippen LogP contribution >= 0.6 is 0 Å². The van der Waals surface area contributed by atoms with E-state index in [2.05, 4.69) is 15.2 Å². The summed E-state index contributed by atoms with van der Waals surface area (Å²) < 4.78 is 61.9. The molecule has 1 aromatic heterocycles. The molecular formula is C19H13F4N3O3. The number of hydrogen-bond acceptors (Lipinski definition) is 6. The fraction of sp³-hybridized carbons (Fsp3) is 0.158. The Morgan fingerprint density at radius 2 is 1.79 bits per heavy atom. The van der Waals surface area contributed by atoms with Crippen LogP contribution in [0.4, 0.5) is 17.6 Å². The van der Waals surface area contributed by atoms with Gasteiger partial charge in [0.1, 0.15) is 11.6 Å². The maximum Gasteiger partial charge on any atom is 0.416 e. The number of carbonyl (C=O) groups is 1. The van der Waals surface area contributed by atoms with Gasteiger partial charge in [-0.2, -0.15) is 18.2 Å². The van der Waals surface area contributed by atoms with Gasteiger partial charge >= 0.3 is 12.1 Å². The highest BCUT2D eigenvalue weighted by molar-refractivity contribution is 5.89. The molecule has 0 fully saturated rings. The van der Waals surface area contributed by atoms with Crippen LogP contribution in [0.15, 0.2) is 48.5 Å². The molecule has 2 aromatic carbocycles. The zero-order valence-corrected chi connectivity index (χ0v) is 14.9. The predicted octanol–water partition coefficient (Wildman–Crippen LogP) is 4.67. The molecule has 1 heterocycles. The number of esters is 1. The van der Waals surface area contributed by atoms with Gasteiger partial charge in [0, 0.05) is 5.56 Å². The molecule has 3 rings (SSSR count). The van der Waals surface area contributed by atoms with Gasteiger partial charge in [-0.3, -0.25) is 0 Å². The predicted molar refractivity (Wildman–Crippen MR) is 92.7 cm³/mol. The van der Waals surface area contributed by atoms with Gasteiger partial charge in [-0.15, -0.1) is 10.2 Å². The van der Waals surface area contributed by atoms with E-state index in [4.69, 9.17) is 9.47 Å². The summed E-state index contributed by atoms with van der Waals surface area (Å²) in [7, 11) is 0. The van der Waals surface area contributed by atoms with Crippen molar-refractivity contribution in [1.29, 1.82) is 0 Å². The summed E-state index contributed by atoms with van der Waals surface area (Å²) in [5.41, 5.74) is -0.964. The van der Waals surface area contributed by atoms with E-state index in [1.165, 1.54) is 18.2 Å². The van der Waals surface area contributed by atoms with Crippen molar-refractivity contribution in [3.05, 3.63) is 65.6 Å². The van der Waals surface area contributed by atoms with Crippen LogP contribution in [-0.4, -0.2) is 27.8 Å². The fourth-order valence-electron chi connectivity index (χ4n) is 2.28. The third-order valence-corrected chi connectivity index (χ3v) is 3.60. The molecule has 0 saturated heterocycles. The average molecular weight is 407 g/mol. The van der Waals surface area contributed by atoms with Gasteiger partial charge < -0.3 is 9.47 Å². The van der Waals surface area contributed by atoms with Crippen molar-refractivity contribution in [1.82, 2.24) is 15.2 Å². The first kappa shape index (κ1) is 20.2. The molecule has 3 aromatic rings. The number of rotatable bonds is 5. The Labute approximate surface area is 162 Å². The van der Waals surface area contributed by atoms with E-state index in [1.54, 1.807) is 6.92 Å². The second kappa shape index (κ2) is 8.21.